The number of halogens is 2. The zero-order valence-electron chi connectivity index (χ0n) is 9.07. The van der Waals surface area contributed by atoms with Gasteiger partial charge in [0.25, 0.3) is 0 Å². The van der Waals surface area contributed by atoms with Gasteiger partial charge in [-0.15, -0.1) is 6.58 Å². The number of hydrogen-bond donors (Lipinski definition) is 2. The fraction of sp³-hybridized carbons (Fsp3) is 0.200. The number of rotatable bonds is 4. The van der Waals surface area contributed by atoms with Gasteiger partial charge in [-0.05, 0) is 19.1 Å². The fourth-order valence-corrected chi connectivity index (χ4v) is 2.78. The Hall–Kier alpha value is -1.11. The summed E-state index contributed by atoms with van der Waals surface area (Å²) in [6, 6.07) is 1.62. The maximum absolute atomic E-state index is 13.6. The topological polar surface area (TPSA) is 72.2 Å². The number of benzene rings is 1. The van der Waals surface area contributed by atoms with E-state index in [0.717, 1.165) is 12.1 Å². The molecule has 0 aliphatic carbocycles. The first kappa shape index (κ1) is 14.0. The first-order chi connectivity index (χ1) is 7.77. The van der Waals surface area contributed by atoms with E-state index in [9.17, 15) is 12.8 Å². The maximum Gasteiger partial charge on any atom is 0.244 e. The van der Waals surface area contributed by atoms with Crippen molar-refractivity contribution in [1.82, 2.24) is 4.72 Å². The lowest BCUT2D eigenvalue weighted by Crippen LogP contribution is -2.31. The second kappa shape index (κ2) is 5.03. The van der Waals surface area contributed by atoms with E-state index in [1.165, 1.54) is 6.08 Å². The summed E-state index contributed by atoms with van der Waals surface area (Å²) in [5.41, 5.74) is 4.99. The summed E-state index contributed by atoms with van der Waals surface area (Å²) in [6.45, 7) is 4.99. The second-order valence-electron chi connectivity index (χ2n) is 3.45. The van der Waals surface area contributed by atoms with Crippen molar-refractivity contribution < 1.29 is 12.8 Å². The highest BCUT2D eigenvalue weighted by molar-refractivity contribution is 7.89. The molecule has 1 rings (SSSR count). The summed E-state index contributed by atoms with van der Waals surface area (Å²) in [5, 5.41) is 0.0514. The van der Waals surface area contributed by atoms with Gasteiger partial charge in [-0.1, -0.05) is 17.7 Å². The zero-order valence-corrected chi connectivity index (χ0v) is 10.6. The summed E-state index contributed by atoms with van der Waals surface area (Å²) in [7, 11) is -4.01. The first-order valence-electron chi connectivity index (χ1n) is 4.67. The van der Waals surface area contributed by atoms with E-state index in [4.69, 9.17) is 17.3 Å². The molecule has 1 unspecified atom stereocenters. The van der Waals surface area contributed by atoms with Crippen LogP contribution in [0, 0.1) is 5.82 Å². The lowest BCUT2D eigenvalue weighted by molar-refractivity contribution is 0.555. The summed E-state index contributed by atoms with van der Waals surface area (Å²) >= 11 is 5.64. The molecule has 0 fully saturated rings. The lowest BCUT2D eigenvalue weighted by Gasteiger charge is -2.12. The molecule has 0 spiro atoms. The van der Waals surface area contributed by atoms with E-state index >= 15 is 0 Å². The minimum atomic E-state index is -4.01. The van der Waals surface area contributed by atoms with Crippen LogP contribution in [0.1, 0.15) is 6.92 Å². The minimum Gasteiger partial charge on any atom is -0.396 e. The minimum absolute atomic E-state index is 0.0514. The third kappa shape index (κ3) is 3.18. The Kier molecular flexibility index (Phi) is 4.13. The van der Waals surface area contributed by atoms with Crippen LogP contribution in [0.4, 0.5) is 10.1 Å². The summed E-state index contributed by atoms with van der Waals surface area (Å²) in [4.78, 5) is -0.573. The molecular weight excluding hydrogens is 267 g/mol. The van der Waals surface area contributed by atoms with Crippen LogP contribution < -0.4 is 10.5 Å². The zero-order chi connectivity index (χ0) is 13.2. The van der Waals surface area contributed by atoms with Crippen LogP contribution in [-0.4, -0.2) is 14.5 Å². The van der Waals surface area contributed by atoms with Gasteiger partial charge in [-0.25, -0.2) is 17.5 Å². The lowest BCUT2D eigenvalue weighted by atomic mass is 10.3. The van der Waals surface area contributed by atoms with Crippen LogP contribution in [0.2, 0.25) is 5.02 Å². The second-order valence-corrected chi connectivity index (χ2v) is 5.57. The SMILES string of the molecule is C=CC(C)NS(=O)(=O)c1cc(Cl)cc(N)c1F. The van der Waals surface area contributed by atoms with Crippen molar-refractivity contribution >= 4 is 27.3 Å². The highest BCUT2D eigenvalue weighted by Crippen LogP contribution is 2.25. The predicted octanol–water partition coefficient (Wildman–Crippen LogP) is 1.91. The van der Waals surface area contributed by atoms with E-state index < -0.39 is 26.8 Å². The highest BCUT2D eigenvalue weighted by atomic mass is 35.5. The molecule has 0 amide bonds. The molecule has 0 aliphatic heterocycles. The number of nitrogens with one attached hydrogen (secondary N) is 1. The molecule has 0 radical (unpaired) electrons. The molecule has 1 aromatic carbocycles. The van der Waals surface area contributed by atoms with Gasteiger partial charge in [-0.3, -0.25) is 0 Å². The van der Waals surface area contributed by atoms with Crippen LogP contribution in [0.15, 0.2) is 29.7 Å². The molecule has 1 aromatic rings. The van der Waals surface area contributed by atoms with Crippen molar-refractivity contribution in [2.45, 2.75) is 17.9 Å². The Bertz CT molecular complexity index is 545. The van der Waals surface area contributed by atoms with Crippen LogP contribution in [0.3, 0.4) is 0 Å². The van der Waals surface area contributed by atoms with Crippen LogP contribution in [0.25, 0.3) is 0 Å². The highest BCUT2D eigenvalue weighted by Gasteiger charge is 2.22. The van der Waals surface area contributed by atoms with Crippen molar-refractivity contribution in [2.75, 3.05) is 5.73 Å². The number of sulfonamides is 1. The van der Waals surface area contributed by atoms with Crippen LogP contribution in [0.5, 0.6) is 0 Å². The summed E-state index contributed by atoms with van der Waals surface area (Å²) in [6.07, 6.45) is 1.38. The van der Waals surface area contributed by atoms with Gasteiger partial charge in [-0.2, -0.15) is 0 Å². The number of anilines is 1. The molecule has 0 aromatic heterocycles. The van der Waals surface area contributed by atoms with Gasteiger partial charge in [0.2, 0.25) is 10.0 Å². The first-order valence-corrected chi connectivity index (χ1v) is 6.53. The molecule has 0 saturated heterocycles. The van der Waals surface area contributed by atoms with Crippen molar-refractivity contribution in [3.05, 3.63) is 35.6 Å². The molecule has 0 aliphatic rings. The Morgan fingerprint density at radius 3 is 2.71 bits per heavy atom. The van der Waals surface area contributed by atoms with Gasteiger partial charge in [0, 0.05) is 11.1 Å². The predicted molar refractivity (Wildman–Crippen MR) is 65.8 cm³/mol. The molecule has 1 atom stereocenters. The van der Waals surface area contributed by atoms with E-state index in [1.54, 1.807) is 6.92 Å². The Labute approximate surface area is 104 Å². The van der Waals surface area contributed by atoms with Gasteiger partial charge in [0.1, 0.15) is 4.90 Å². The standard InChI is InChI=1S/C10H12ClFN2O2S/c1-3-6(2)14-17(15,16)9-5-7(11)4-8(13)10(9)12/h3-6,14H,1,13H2,2H3. The quantitative estimate of drug-likeness (QED) is 0.653. The van der Waals surface area contributed by atoms with Crippen molar-refractivity contribution in [1.29, 1.82) is 0 Å². The molecule has 7 heteroatoms. The van der Waals surface area contributed by atoms with Gasteiger partial charge >= 0.3 is 0 Å². The van der Waals surface area contributed by atoms with Crippen molar-refractivity contribution in [2.24, 2.45) is 0 Å². The molecule has 0 heterocycles. The smallest absolute Gasteiger partial charge is 0.244 e. The molecule has 17 heavy (non-hydrogen) atoms. The van der Waals surface area contributed by atoms with E-state index in [-0.39, 0.29) is 10.7 Å². The summed E-state index contributed by atoms with van der Waals surface area (Å²) in [5.74, 6) is -1.02. The van der Waals surface area contributed by atoms with E-state index in [1.807, 2.05) is 0 Å². The number of nitrogens with two attached hydrogens (primary N) is 1. The molecule has 3 N–H and O–H groups in total. The molecular formula is C10H12ClFN2O2S. The molecule has 94 valence electrons. The Morgan fingerprint density at radius 2 is 2.18 bits per heavy atom. The van der Waals surface area contributed by atoms with Gasteiger partial charge in [0.15, 0.2) is 5.82 Å². The van der Waals surface area contributed by atoms with E-state index in [2.05, 4.69) is 11.3 Å². The van der Waals surface area contributed by atoms with Gasteiger partial charge < -0.3 is 5.73 Å². The fourth-order valence-electron chi connectivity index (χ4n) is 1.14. The Morgan fingerprint density at radius 1 is 1.59 bits per heavy atom. The monoisotopic (exact) mass is 278 g/mol. The van der Waals surface area contributed by atoms with Gasteiger partial charge in [0.05, 0.1) is 5.69 Å². The Balaban J connectivity index is 3.29. The van der Waals surface area contributed by atoms with Crippen molar-refractivity contribution in [3.8, 4) is 0 Å². The van der Waals surface area contributed by atoms with Crippen LogP contribution in [-0.2, 0) is 10.0 Å². The van der Waals surface area contributed by atoms with E-state index in [0.29, 0.717) is 0 Å². The molecule has 0 bridgehead atoms. The van der Waals surface area contributed by atoms with Crippen LogP contribution >= 0.6 is 11.6 Å². The summed E-state index contributed by atoms with van der Waals surface area (Å²) < 4.78 is 39.4. The van der Waals surface area contributed by atoms with Crippen molar-refractivity contribution in [3.63, 3.8) is 0 Å². The maximum atomic E-state index is 13.6. The normalized spacial score (nSPS) is 13.4. The average molecular weight is 279 g/mol. The molecule has 4 nitrogen and oxygen atoms in total. The third-order valence-corrected chi connectivity index (χ3v) is 3.79. The average Bonchev–Trinajstić information content (AvgIpc) is 2.22. The largest absolute Gasteiger partial charge is 0.396 e. The molecule has 0 saturated carbocycles. The number of nitrogen functional groups attached to an aromatic ring is 1. The third-order valence-electron chi connectivity index (χ3n) is 2.02. The number of hydrogen-bond acceptors (Lipinski definition) is 3.